The van der Waals surface area contributed by atoms with Crippen LogP contribution in [0.5, 0.6) is 0 Å². The number of nitrogens with zero attached hydrogens (tertiary/aromatic N) is 2. The van der Waals surface area contributed by atoms with E-state index in [2.05, 4.69) is 53.5 Å². The van der Waals surface area contributed by atoms with E-state index >= 15 is 0 Å². The Morgan fingerprint density at radius 1 is 1.37 bits per heavy atom. The third-order valence-electron chi connectivity index (χ3n) is 3.11. The van der Waals surface area contributed by atoms with Crippen molar-refractivity contribution in [1.82, 2.24) is 10.2 Å². The maximum absolute atomic E-state index is 5.38. The van der Waals surface area contributed by atoms with E-state index in [1.54, 1.807) is 11.3 Å². The average Bonchev–Trinajstić information content (AvgIpc) is 2.80. The second-order valence-corrected chi connectivity index (χ2v) is 7.27. The van der Waals surface area contributed by atoms with Crippen LogP contribution in [0, 0.1) is 0 Å². The third kappa shape index (κ3) is 2.95. The smallest absolute Gasteiger partial charge is 0.136 e. The van der Waals surface area contributed by atoms with Crippen molar-refractivity contribution in [3.63, 3.8) is 0 Å². The number of aliphatic imine (C=N–C) groups is 1. The molecule has 0 amide bonds. The van der Waals surface area contributed by atoms with Crippen LogP contribution in [0.2, 0.25) is 0 Å². The molecule has 0 bridgehead atoms. The Morgan fingerprint density at radius 3 is 2.84 bits per heavy atom. The van der Waals surface area contributed by atoms with Crippen molar-refractivity contribution >= 4 is 49.0 Å². The summed E-state index contributed by atoms with van der Waals surface area (Å²) in [7, 11) is 0. The third-order valence-corrected chi connectivity index (χ3v) is 6.45. The van der Waals surface area contributed by atoms with Gasteiger partial charge in [-0.25, -0.2) is 4.99 Å². The Kier molecular flexibility index (Phi) is 4.38. The van der Waals surface area contributed by atoms with E-state index in [-0.39, 0.29) is 6.17 Å². The summed E-state index contributed by atoms with van der Waals surface area (Å²) in [5, 5.41) is 5.32. The highest BCUT2D eigenvalue weighted by Gasteiger charge is 2.22. The Labute approximate surface area is 132 Å². The highest BCUT2D eigenvalue weighted by Crippen LogP contribution is 2.33. The topological polar surface area (TPSA) is 36.9 Å². The van der Waals surface area contributed by atoms with Crippen LogP contribution >= 0.6 is 43.2 Å². The quantitative estimate of drug-likeness (QED) is 0.820. The highest BCUT2D eigenvalue weighted by atomic mass is 79.9. The van der Waals surface area contributed by atoms with E-state index in [0.29, 0.717) is 0 Å². The van der Waals surface area contributed by atoms with Crippen LogP contribution in [-0.4, -0.2) is 43.2 Å². The molecule has 3 rings (SSSR count). The molecule has 1 saturated heterocycles. The molecule has 1 fully saturated rings. The van der Waals surface area contributed by atoms with Crippen molar-refractivity contribution < 1.29 is 4.74 Å². The molecule has 19 heavy (non-hydrogen) atoms. The molecule has 1 aromatic rings. The van der Waals surface area contributed by atoms with Crippen molar-refractivity contribution in [1.29, 1.82) is 0 Å². The lowest BCUT2D eigenvalue weighted by Crippen LogP contribution is -2.44. The first kappa shape index (κ1) is 13.8. The lowest BCUT2D eigenvalue weighted by atomic mass is 10.2. The van der Waals surface area contributed by atoms with Gasteiger partial charge in [0.25, 0.3) is 0 Å². The fourth-order valence-corrected chi connectivity index (χ4v) is 3.99. The Hall–Kier alpha value is -0.210. The Bertz CT molecular complexity index is 523. The van der Waals surface area contributed by atoms with E-state index in [1.807, 2.05) is 6.20 Å². The van der Waals surface area contributed by atoms with Crippen molar-refractivity contribution in [2.75, 3.05) is 26.3 Å². The number of halogens is 2. The van der Waals surface area contributed by atoms with Crippen molar-refractivity contribution in [2.24, 2.45) is 4.99 Å². The van der Waals surface area contributed by atoms with E-state index in [0.717, 1.165) is 46.0 Å². The first-order chi connectivity index (χ1) is 9.25. The van der Waals surface area contributed by atoms with Crippen LogP contribution in [-0.2, 0) is 4.74 Å². The van der Waals surface area contributed by atoms with E-state index in [1.165, 1.54) is 0 Å². The lowest BCUT2D eigenvalue weighted by molar-refractivity contribution is 0.0268. The fraction of sp³-hybridized carbons (Fsp3) is 0.417. The van der Waals surface area contributed by atoms with Crippen molar-refractivity contribution in [3.8, 4) is 0 Å². The molecule has 1 aromatic heterocycles. The normalized spacial score (nSPS) is 24.1. The largest absolute Gasteiger partial charge is 0.379 e. The number of morpholine rings is 1. The van der Waals surface area contributed by atoms with Gasteiger partial charge in [0.15, 0.2) is 0 Å². The summed E-state index contributed by atoms with van der Waals surface area (Å²) in [6.45, 7) is 3.44. The van der Waals surface area contributed by atoms with Gasteiger partial charge in [0.2, 0.25) is 0 Å². The minimum Gasteiger partial charge on any atom is -0.379 e. The number of nitrogens with one attached hydrogen (secondary N) is 1. The Morgan fingerprint density at radius 2 is 2.16 bits per heavy atom. The highest BCUT2D eigenvalue weighted by molar-refractivity contribution is 9.13. The van der Waals surface area contributed by atoms with Gasteiger partial charge in [0, 0.05) is 30.2 Å². The molecule has 1 N–H and O–H groups in total. The minimum absolute atomic E-state index is 0.103. The molecule has 2 aliphatic rings. The molecule has 0 aromatic carbocycles. The van der Waals surface area contributed by atoms with Gasteiger partial charge < -0.3 is 10.1 Å². The molecule has 0 aliphatic carbocycles. The predicted octanol–water partition coefficient (Wildman–Crippen LogP) is 2.79. The van der Waals surface area contributed by atoms with Gasteiger partial charge in [0.1, 0.15) is 12.0 Å². The molecule has 2 aliphatic heterocycles. The molecule has 102 valence electrons. The summed E-state index contributed by atoms with van der Waals surface area (Å²) in [6.07, 6.45) is 4.16. The monoisotopic (exact) mass is 405 g/mol. The standard InChI is InChI=1S/C12H13Br2N3OS/c13-10-8(7-19-11(10)14)12-15-2-1-9(16-12)17-3-5-18-6-4-17/h1-2,7,9H,3-6H2,(H,15,16). The zero-order valence-corrected chi connectivity index (χ0v) is 14.1. The van der Waals surface area contributed by atoms with Crippen LogP contribution in [0.15, 0.2) is 30.9 Å². The summed E-state index contributed by atoms with van der Waals surface area (Å²) in [4.78, 5) is 7.12. The molecule has 1 atom stereocenters. The summed E-state index contributed by atoms with van der Waals surface area (Å²) >= 11 is 8.76. The lowest BCUT2D eigenvalue weighted by Gasteiger charge is -2.32. The van der Waals surface area contributed by atoms with Gasteiger partial charge in [0.05, 0.1) is 21.5 Å². The predicted molar refractivity (Wildman–Crippen MR) is 84.7 cm³/mol. The summed E-state index contributed by atoms with van der Waals surface area (Å²) in [5.41, 5.74) is 1.10. The second kappa shape index (κ2) is 6.05. The summed E-state index contributed by atoms with van der Waals surface area (Å²) in [6, 6.07) is 0. The summed E-state index contributed by atoms with van der Waals surface area (Å²) in [5.74, 6) is 0.910. The molecule has 4 nitrogen and oxygen atoms in total. The number of hydrogen-bond donors (Lipinski definition) is 1. The van der Waals surface area contributed by atoms with Crippen molar-refractivity contribution in [2.45, 2.75) is 6.17 Å². The summed E-state index contributed by atoms with van der Waals surface area (Å²) < 4.78 is 7.53. The van der Waals surface area contributed by atoms with E-state index < -0.39 is 0 Å². The zero-order chi connectivity index (χ0) is 13.2. The molecular formula is C12H13Br2N3OS. The fourth-order valence-electron chi connectivity index (χ4n) is 2.10. The number of ether oxygens (including phenoxy) is 1. The average molecular weight is 407 g/mol. The van der Waals surface area contributed by atoms with Crippen molar-refractivity contribution in [3.05, 3.63) is 31.5 Å². The second-order valence-electron chi connectivity index (χ2n) is 4.28. The maximum Gasteiger partial charge on any atom is 0.136 e. The minimum atomic E-state index is 0.103. The number of rotatable bonds is 2. The van der Waals surface area contributed by atoms with Crippen LogP contribution in [0.1, 0.15) is 5.56 Å². The van der Waals surface area contributed by atoms with Gasteiger partial charge in [-0.2, -0.15) is 0 Å². The van der Waals surface area contributed by atoms with Gasteiger partial charge in [-0.05, 0) is 37.9 Å². The first-order valence-corrected chi connectivity index (χ1v) is 8.48. The van der Waals surface area contributed by atoms with Gasteiger partial charge in [-0.15, -0.1) is 11.3 Å². The van der Waals surface area contributed by atoms with E-state index in [4.69, 9.17) is 9.73 Å². The Balaban J connectivity index is 1.82. The van der Waals surface area contributed by atoms with Crippen LogP contribution < -0.4 is 5.32 Å². The van der Waals surface area contributed by atoms with Gasteiger partial charge in [-0.1, -0.05) is 0 Å². The van der Waals surface area contributed by atoms with Gasteiger partial charge >= 0.3 is 0 Å². The van der Waals surface area contributed by atoms with Crippen LogP contribution in [0.25, 0.3) is 0 Å². The molecule has 0 saturated carbocycles. The molecule has 7 heteroatoms. The van der Waals surface area contributed by atoms with Crippen LogP contribution in [0.4, 0.5) is 0 Å². The van der Waals surface area contributed by atoms with E-state index in [9.17, 15) is 0 Å². The zero-order valence-electron chi connectivity index (χ0n) is 10.1. The molecule has 0 radical (unpaired) electrons. The number of amidine groups is 1. The van der Waals surface area contributed by atoms with Gasteiger partial charge in [-0.3, -0.25) is 4.90 Å². The number of thiophene rings is 1. The maximum atomic E-state index is 5.38. The molecule has 1 unspecified atom stereocenters. The molecule has 3 heterocycles. The molecular weight excluding hydrogens is 394 g/mol. The SMILES string of the molecule is Brc1scc(C2=NC(N3CCOCC3)C=CN2)c1Br. The number of hydrogen-bond acceptors (Lipinski definition) is 5. The van der Waals surface area contributed by atoms with Crippen LogP contribution in [0.3, 0.4) is 0 Å². The first-order valence-electron chi connectivity index (χ1n) is 6.01. The molecule has 0 spiro atoms.